The summed E-state index contributed by atoms with van der Waals surface area (Å²) >= 11 is 2.03. The van der Waals surface area contributed by atoms with Crippen molar-refractivity contribution in [3.8, 4) is 0 Å². The van der Waals surface area contributed by atoms with Gasteiger partial charge in [-0.15, -0.1) is 0 Å². The molecule has 0 aliphatic carbocycles. The van der Waals surface area contributed by atoms with Gasteiger partial charge in [-0.25, -0.2) is 0 Å². The molecule has 0 radical (unpaired) electrons. The van der Waals surface area contributed by atoms with Gasteiger partial charge in [-0.1, -0.05) is 25.1 Å². The molecular formula is C11H15NS. The molecule has 1 atom stereocenters. The summed E-state index contributed by atoms with van der Waals surface area (Å²) in [6.45, 7) is 3.34. The molecule has 0 fully saturated rings. The monoisotopic (exact) mass is 193 g/mol. The fraction of sp³-hybridized carbons (Fsp3) is 0.455. The lowest BCUT2D eigenvalue weighted by Gasteiger charge is -2.07. The first-order valence-electron chi connectivity index (χ1n) is 4.82. The Balaban J connectivity index is 2.09. The molecule has 1 aliphatic heterocycles. The predicted octanol–water partition coefficient (Wildman–Crippen LogP) is 2.95. The average Bonchev–Trinajstić information content (AvgIpc) is 2.58. The van der Waals surface area contributed by atoms with Gasteiger partial charge in [-0.05, 0) is 17.4 Å². The second-order valence-corrected chi connectivity index (χ2v) is 4.64. The molecule has 13 heavy (non-hydrogen) atoms. The molecule has 0 bridgehead atoms. The van der Waals surface area contributed by atoms with Crippen molar-refractivity contribution in [1.29, 1.82) is 0 Å². The molecule has 0 amide bonds. The molecule has 0 aromatic heterocycles. The van der Waals surface area contributed by atoms with E-state index >= 15 is 0 Å². The van der Waals surface area contributed by atoms with Crippen molar-refractivity contribution in [3.05, 3.63) is 29.8 Å². The van der Waals surface area contributed by atoms with Gasteiger partial charge < -0.3 is 5.32 Å². The number of hydrogen-bond acceptors (Lipinski definition) is 2. The number of para-hydroxylation sites is 1. The zero-order valence-electron chi connectivity index (χ0n) is 7.92. The van der Waals surface area contributed by atoms with E-state index in [2.05, 4.69) is 36.5 Å². The van der Waals surface area contributed by atoms with Crippen LogP contribution >= 0.6 is 11.8 Å². The standard InChI is InChI=1S/C11H15NS/c1-2-13-8-9-7-12-11-6-4-3-5-10(9)11/h3-6,9,12H,2,7-8H2,1H3. The molecule has 1 aromatic carbocycles. The van der Waals surface area contributed by atoms with E-state index in [0.29, 0.717) is 0 Å². The van der Waals surface area contributed by atoms with Crippen LogP contribution in [0, 0.1) is 0 Å². The van der Waals surface area contributed by atoms with E-state index in [1.54, 1.807) is 0 Å². The minimum absolute atomic E-state index is 0.723. The first-order chi connectivity index (χ1) is 6.42. The lowest BCUT2D eigenvalue weighted by Crippen LogP contribution is -2.04. The van der Waals surface area contributed by atoms with Crippen LogP contribution in [0.5, 0.6) is 0 Å². The van der Waals surface area contributed by atoms with E-state index in [1.165, 1.54) is 22.8 Å². The number of anilines is 1. The van der Waals surface area contributed by atoms with E-state index in [-0.39, 0.29) is 0 Å². The predicted molar refractivity (Wildman–Crippen MR) is 60.7 cm³/mol. The molecule has 0 saturated carbocycles. The number of rotatable bonds is 3. The van der Waals surface area contributed by atoms with Gasteiger partial charge in [0.05, 0.1) is 0 Å². The van der Waals surface area contributed by atoms with Crippen LogP contribution in [0.2, 0.25) is 0 Å². The van der Waals surface area contributed by atoms with Crippen LogP contribution in [0.15, 0.2) is 24.3 Å². The fourth-order valence-electron chi connectivity index (χ4n) is 1.77. The largest absolute Gasteiger partial charge is 0.384 e. The number of hydrogen-bond donors (Lipinski definition) is 1. The number of benzene rings is 1. The van der Waals surface area contributed by atoms with Gasteiger partial charge in [0.25, 0.3) is 0 Å². The van der Waals surface area contributed by atoms with E-state index in [9.17, 15) is 0 Å². The molecule has 2 heteroatoms. The van der Waals surface area contributed by atoms with Crippen molar-refractivity contribution < 1.29 is 0 Å². The molecule has 1 unspecified atom stereocenters. The minimum atomic E-state index is 0.723. The van der Waals surface area contributed by atoms with Crippen LogP contribution in [0.1, 0.15) is 18.4 Å². The normalized spacial score (nSPS) is 19.6. The third-order valence-electron chi connectivity index (χ3n) is 2.46. The number of nitrogens with one attached hydrogen (secondary N) is 1. The van der Waals surface area contributed by atoms with Gasteiger partial charge in [0, 0.05) is 23.9 Å². The van der Waals surface area contributed by atoms with Crippen LogP contribution in [0.25, 0.3) is 0 Å². The summed E-state index contributed by atoms with van der Waals surface area (Å²) < 4.78 is 0. The Labute approximate surface area is 83.9 Å². The number of thioether (sulfide) groups is 1. The van der Waals surface area contributed by atoms with Gasteiger partial charge in [0.1, 0.15) is 0 Å². The number of fused-ring (bicyclic) bond motifs is 1. The molecule has 0 spiro atoms. The maximum atomic E-state index is 3.45. The molecule has 2 rings (SSSR count). The Morgan fingerprint density at radius 1 is 1.46 bits per heavy atom. The quantitative estimate of drug-likeness (QED) is 0.792. The first-order valence-corrected chi connectivity index (χ1v) is 5.98. The summed E-state index contributed by atoms with van der Waals surface area (Å²) in [7, 11) is 0. The van der Waals surface area contributed by atoms with Crippen molar-refractivity contribution >= 4 is 17.4 Å². The molecule has 1 N–H and O–H groups in total. The second-order valence-electron chi connectivity index (χ2n) is 3.32. The molecular weight excluding hydrogens is 178 g/mol. The summed E-state index contributed by atoms with van der Waals surface area (Å²) in [4.78, 5) is 0. The van der Waals surface area contributed by atoms with Crippen LogP contribution in [0.4, 0.5) is 5.69 Å². The van der Waals surface area contributed by atoms with Crippen molar-refractivity contribution in [1.82, 2.24) is 0 Å². The van der Waals surface area contributed by atoms with Gasteiger partial charge in [0.15, 0.2) is 0 Å². The summed E-state index contributed by atoms with van der Waals surface area (Å²) in [5, 5.41) is 3.45. The SMILES string of the molecule is CCSCC1CNc2ccccc21. The molecule has 1 nitrogen and oxygen atoms in total. The summed E-state index contributed by atoms with van der Waals surface area (Å²) in [6.07, 6.45) is 0. The maximum Gasteiger partial charge on any atom is 0.0376 e. The molecule has 1 heterocycles. The maximum absolute atomic E-state index is 3.45. The fourth-order valence-corrected chi connectivity index (χ4v) is 2.58. The Bertz CT molecular complexity index is 285. The topological polar surface area (TPSA) is 12.0 Å². The third kappa shape index (κ3) is 1.83. The smallest absolute Gasteiger partial charge is 0.0376 e. The molecule has 70 valence electrons. The van der Waals surface area contributed by atoms with E-state index in [1.807, 2.05) is 11.8 Å². The van der Waals surface area contributed by atoms with E-state index in [4.69, 9.17) is 0 Å². The summed E-state index contributed by atoms with van der Waals surface area (Å²) in [6, 6.07) is 8.65. The van der Waals surface area contributed by atoms with Gasteiger partial charge in [-0.2, -0.15) is 11.8 Å². The second kappa shape index (κ2) is 4.05. The highest BCUT2D eigenvalue weighted by molar-refractivity contribution is 7.99. The third-order valence-corrected chi connectivity index (χ3v) is 3.51. The van der Waals surface area contributed by atoms with Gasteiger partial charge in [-0.3, -0.25) is 0 Å². The Hall–Kier alpha value is -0.630. The Morgan fingerprint density at radius 3 is 3.15 bits per heavy atom. The Kier molecular flexibility index (Phi) is 2.79. The highest BCUT2D eigenvalue weighted by Crippen LogP contribution is 2.32. The minimum Gasteiger partial charge on any atom is -0.384 e. The lowest BCUT2D eigenvalue weighted by atomic mass is 10.0. The molecule has 1 aliphatic rings. The van der Waals surface area contributed by atoms with Crippen LogP contribution < -0.4 is 5.32 Å². The van der Waals surface area contributed by atoms with Crippen molar-refractivity contribution in [3.63, 3.8) is 0 Å². The van der Waals surface area contributed by atoms with Crippen molar-refractivity contribution in [2.24, 2.45) is 0 Å². The average molecular weight is 193 g/mol. The first kappa shape index (κ1) is 8.95. The Morgan fingerprint density at radius 2 is 2.31 bits per heavy atom. The van der Waals surface area contributed by atoms with Gasteiger partial charge >= 0.3 is 0 Å². The zero-order chi connectivity index (χ0) is 9.10. The highest BCUT2D eigenvalue weighted by Gasteiger charge is 2.20. The lowest BCUT2D eigenvalue weighted by molar-refractivity contribution is 0.867. The summed E-state index contributed by atoms with van der Waals surface area (Å²) in [5.41, 5.74) is 2.84. The zero-order valence-corrected chi connectivity index (χ0v) is 8.73. The summed E-state index contributed by atoms with van der Waals surface area (Å²) in [5.74, 6) is 3.19. The van der Waals surface area contributed by atoms with Crippen molar-refractivity contribution in [2.45, 2.75) is 12.8 Å². The van der Waals surface area contributed by atoms with Crippen LogP contribution in [0.3, 0.4) is 0 Å². The molecule has 1 aromatic rings. The van der Waals surface area contributed by atoms with Crippen LogP contribution in [-0.4, -0.2) is 18.1 Å². The van der Waals surface area contributed by atoms with E-state index < -0.39 is 0 Å². The van der Waals surface area contributed by atoms with E-state index in [0.717, 1.165) is 12.5 Å². The molecule has 0 saturated heterocycles. The van der Waals surface area contributed by atoms with Gasteiger partial charge in [0.2, 0.25) is 0 Å². The highest BCUT2D eigenvalue weighted by atomic mass is 32.2. The van der Waals surface area contributed by atoms with Crippen molar-refractivity contribution in [2.75, 3.05) is 23.4 Å². The van der Waals surface area contributed by atoms with Crippen LogP contribution in [-0.2, 0) is 0 Å².